The van der Waals surface area contributed by atoms with Crippen LogP contribution in [0.15, 0.2) is 0 Å². The van der Waals surface area contributed by atoms with Gasteiger partial charge in [0.05, 0.1) is 0 Å². The number of rotatable bonds is 8. The van der Waals surface area contributed by atoms with Crippen LogP contribution in [0.2, 0.25) is 0 Å². The van der Waals surface area contributed by atoms with Gasteiger partial charge in [0, 0.05) is 47.9 Å². The molecule has 4 nitrogen and oxygen atoms in total. The second-order valence-corrected chi connectivity index (χ2v) is 6.07. The maximum Gasteiger partial charge on any atom is 0.221 e. The SMILES string of the molecule is CC(CCS(C)=O)NCCC(=O)NC1CC1. The van der Waals surface area contributed by atoms with Crippen LogP contribution in [0, 0.1) is 0 Å². The molecule has 16 heavy (non-hydrogen) atoms. The van der Waals surface area contributed by atoms with Crippen LogP contribution < -0.4 is 10.6 Å². The zero-order chi connectivity index (χ0) is 12.0. The molecule has 1 fully saturated rings. The van der Waals surface area contributed by atoms with Crippen molar-refractivity contribution in [2.45, 2.75) is 44.7 Å². The molecule has 1 aliphatic carbocycles. The molecule has 0 aromatic heterocycles. The van der Waals surface area contributed by atoms with Gasteiger partial charge in [-0.05, 0) is 26.2 Å². The molecule has 94 valence electrons. The van der Waals surface area contributed by atoms with Gasteiger partial charge in [-0.1, -0.05) is 0 Å². The molecule has 5 heteroatoms. The number of carbonyl (C=O) groups is 1. The van der Waals surface area contributed by atoms with Gasteiger partial charge in [-0.2, -0.15) is 0 Å². The molecule has 0 saturated heterocycles. The molecular formula is C11H22N2O2S. The summed E-state index contributed by atoms with van der Waals surface area (Å²) in [7, 11) is -0.719. The van der Waals surface area contributed by atoms with Crippen LogP contribution >= 0.6 is 0 Å². The number of nitrogens with one attached hydrogen (secondary N) is 2. The maximum absolute atomic E-state index is 11.3. The average Bonchev–Trinajstić information content (AvgIpc) is 2.98. The van der Waals surface area contributed by atoms with Crippen LogP contribution in [0.4, 0.5) is 0 Å². The number of hydrogen-bond acceptors (Lipinski definition) is 3. The highest BCUT2D eigenvalue weighted by Crippen LogP contribution is 2.18. The minimum absolute atomic E-state index is 0.140. The minimum Gasteiger partial charge on any atom is -0.353 e. The fourth-order valence-corrected chi connectivity index (χ4v) is 2.09. The Morgan fingerprint density at radius 3 is 2.75 bits per heavy atom. The molecule has 0 spiro atoms. The highest BCUT2D eigenvalue weighted by Gasteiger charge is 2.22. The van der Waals surface area contributed by atoms with Crippen LogP contribution in [0.5, 0.6) is 0 Å². The van der Waals surface area contributed by atoms with Crippen molar-refractivity contribution in [1.82, 2.24) is 10.6 Å². The summed E-state index contributed by atoms with van der Waals surface area (Å²) in [5.74, 6) is 0.865. The first-order valence-electron chi connectivity index (χ1n) is 5.90. The summed E-state index contributed by atoms with van der Waals surface area (Å²) >= 11 is 0. The topological polar surface area (TPSA) is 58.2 Å². The lowest BCUT2D eigenvalue weighted by atomic mass is 10.2. The second-order valence-electron chi connectivity index (χ2n) is 4.51. The second kappa shape index (κ2) is 7.01. The Balaban J connectivity index is 1.96. The van der Waals surface area contributed by atoms with Gasteiger partial charge in [0.1, 0.15) is 0 Å². The Bertz CT molecular complexity index is 254. The molecule has 2 unspecified atom stereocenters. The molecule has 1 aliphatic rings. The van der Waals surface area contributed by atoms with Gasteiger partial charge in [-0.15, -0.1) is 0 Å². The molecule has 1 saturated carbocycles. The monoisotopic (exact) mass is 246 g/mol. The smallest absolute Gasteiger partial charge is 0.221 e. The zero-order valence-electron chi connectivity index (χ0n) is 10.1. The maximum atomic E-state index is 11.3. The van der Waals surface area contributed by atoms with E-state index in [4.69, 9.17) is 0 Å². The van der Waals surface area contributed by atoms with Crippen molar-refractivity contribution in [3.05, 3.63) is 0 Å². The molecule has 0 radical (unpaired) electrons. The predicted molar refractivity (Wildman–Crippen MR) is 66.8 cm³/mol. The third-order valence-corrected chi connectivity index (χ3v) is 3.44. The average molecular weight is 246 g/mol. The quantitative estimate of drug-likeness (QED) is 0.652. The highest BCUT2D eigenvalue weighted by molar-refractivity contribution is 7.84. The summed E-state index contributed by atoms with van der Waals surface area (Å²) in [6, 6.07) is 0.782. The molecule has 0 bridgehead atoms. The van der Waals surface area contributed by atoms with E-state index in [2.05, 4.69) is 17.6 Å². The lowest BCUT2D eigenvalue weighted by Gasteiger charge is -2.12. The molecule has 0 aliphatic heterocycles. The van der Waals surface area contributed by atoms with Gasteiger partial charge in [-0.3, -0.25) is 9.00 Å². The van der Waals surface area contributed by atoms with Crippen LogP contribution in [0.3, 0.4) is 0 Å². The Morgan fingerprint density at radius 2 is 2.19 bits per heavy atom. The third kappa shape index (κ3) is 6.95. The van der Waals surface area contributed by atoms with Crippen molar-refractivity contribution in [2.24, 2.45) is 0 Å². The van der Waals surface area contributed by atoms with E-state index < -0.39 is 10.8 Å². The van der Waals surface area contributed by atoms with Crippen LogP contribution in [0.25, 0.3) is 0 Å². The fraction of sp³-hybridized carbons (Fsp3) is 0.909. The molecule has 2 N–H and O–H groups in total. The summed E-state index contributed by atoms with van der Waals surface area (Å²) in [4.78, 5) is 11.3. The van der Waals surface area contributed by atoms with Gasteiger partial charge in [-0.25, -0.2) is 0 Å². The summed E-state index contributed by atoms with van der Waals surface area (Å²) in [6.45, 7) is 2.77. The van der Waals surface area contributed by atoms with Crippen molar-refractivity contribution in [3.63, 3.8) is 0 Å². The van der Waals surface area contributed by atoms with Gasteiger partial charge >= 0.3 is 0 Å². The molecule has 0 aromatic carbocycles. The number of amides is 1. The fourth-order valence-electron chi connectivity index (χ4n) is 1.40. The Labute approximate surface area is 100 Å². The molecular weight excluding hydrogens is 224 g/mol. The lowest BCUT2D eigenvalue weighted by Crippen LogP contribution is -2.33. The van der Waals surface area contributed by atoms with E-state index in [1.54, 1.807) is 6.26 Å². The molecule has 1 rings (SSSR count). The Morgan fingerprint density at radius 1 is 1.50 bits per heavy atom. The first-order valence-corrected chi connectivity index (χ1v) is 7.63. The van der Waals surface area contributed by atoms with Crippen LogP contribution in [-0.2, 0) is 15.6 Å². The van der Waals surface area contributed by atoms with Crippen molar-refractivity contribution in [2.75, 3.05) is 18.6 Å². The van der Waals surface area contributed by atoms with E-state index in [0.29, 0.717) is 25.0 Å². The molecule has 0 aromatic rings. The minimum atomic E-state index is -0.719. The summed E-state index contributed by atoms with van der Waals surface area (Å²) in [5, 5.41) is 6.22. The Hall–Kier alpha value is -0.420. The van der Waals surface area contributed by atoms with Crippen LogP contribution in [0.1, 0.15) is 32.6 Å². The molecule has 1 amide bonds. The summed E-state index contributed by atoms with van der Waals surface area (Å²) < 4.78 is 10.9. The predicted octanol–water partition coefficient (Wildman–Crippen LogP) is 0.402. The van der Waals surface area contributed by atoms with Crippen LogP contribution in [-0.4, -0.2) is 40.8 Å². The lowest BCUT2D eigenvalue weighted by molar-refractivity contribution is -0.121. The van der Waals surface area contributed by atoms with E-state index in [1.165, 1.54) is 0 Å². The molecule has 2 atom stereocenters. The van der Waals surface area contributed by atoms with Crippen molar-refractivity contribution >= 4 is 16.7 Å². The van der Waals surface area contributed by atoms with E-state index >= 15 is 0 Å². The summed E-state index contributed by atoms with van der Waals surface area (Å²) in [5.41, 5.74) is 0. The van der Waals surface area contributed by atoms with Crippen molar-refractivity contribution in [3.8, 4) is 0 Å². The summed E-state index contributed by atoms with van der Waals surface area (Å²) in [6.07, 6.45) is 5.43. The Kier molecular flexibility index (Phi) is 5.98. The van der Waals surface area contributed by atoms with E-state index in [1.807, 2.05) is 0 Å². The number of hydrogen-bond donors (Lipinski definition) is 2. The standard InChI is InChI=1S/C11H22N2O2S/c1-9(6-8-16(2)15)12-7-5-11(14)13-10-3-4-10/h9-10,12H,3-8H2,1-2H3,(H,13,14). The van der Waals surface area contributed by atoms with Crippen molar-refractivity contribution in [1.29, 1.82) is 0 Å². The first kappa shape index (κ1) is 13.6. The van der Waals surface area contributed by atoms with E-state index in [9.17, 15) is 9.00 Å². The van der Waals surface area contributed by atoms with E-state index in [-0.39, 0.29) is 5.91 Å². The van der Waals surface area contributed by atoms with Gasteiger partial charge in [0.15, 0.2) is 0 Å². The highest BCUT2D eigenvalue weighted by atomic mass is 32.2. The normalized spacial score (nSPS) is 19.1. The van der Waals surface area contributed by atoms with Gasteiger partial charge < -0.3 is 10.6 Å². The van der Waals surface area contributed by atoms with Gasteiger partial charge in [0.2, 0.25) is 5.91 Å². The zero-order valence-corrected chi connectivity index (χ0v) is 10.9. The number of carbonyl (C=O) groups excluding carboxylic acids is 1. The van der Waals surface area contributed by atoms with E-state index in [0.717, 1.165) is 25.0 Å². The largest absolute Gasteiger partial charge is 0.353 e. The first-order chi connectivity index (χ1) is 7.58. The molecule has 0 heterocycles. The third-order valence-electron chi connectivity index (χ3n) is 2.63. The van der Waals surface area contributed by atoms with Crippen molar-refractivity contribution < 1.29 is 9.00 Å². The van der Waals surface area contributed by atoms with Gasteiger partial charge in [0.25, 0.3) is 0 Å².